The number of carbonyl (C=O) groups is 2. The molecule has 0 saturated carbocycles. The lowest BCUT2D eigenvalue weighted by atomic mass is 9.93. The molecular formula is C21H20N2O4. The van der Waals surface area contributed by atoms with E-state index in [1.54, 1.807) is 25.1 Å². The number of ketones is 1. The van der Waals surface area contributed by atoms with Gasteiger partial charge in [0.2, 0.25) is 6.79 Å². The lowest BCUT2D eigenvalue weighted by molar-refractivity contribution is -0.128. The molecular weight excluding hydrogens is 344 g/mol. The SMILES string of the molecule is CCc1cccc(CC(=O)C2C(=O)N(c3ccc4c(c3)OCO4)N=C2C)c1. The fraction of sp³-hybridized carbons (Fsp3) is 0.286. The summed E-state index contributed by atoms with van der Waals surface area (Å²) in [6, 6.07) is 13.1. The van der Waals surface area contributed by atoms with Crippen LogP contribution in [0, 0.1) is 5.92 Å². The predicted molar refractivity (Wildman–Crippen MR) is 101 cm³/mol. The summed E-state index contributed by atoms with van der Waals surface area (Å²) in [4.78, 5) is 25.7. The highest BCUT2D eigenvalue weighted by Crippen LogP contribution is 2.37. The number of anilines is 1. The van der Waals surface area contributed by atoms with E-state index in [-0.39, 0.29) is 24.9 Å². The fourth-order valence-electron chi connectivity index (χ4n) is 3.40. The molecule has 0 radical (unpaired) electrons. The molecule has 1 unspecified atom stereocenters. The molecule has 6 nitrogen and oxygen atoms in total. The third-order valence-corrected chi connectivity index (χ3v) is 4.83. The zero-order valence-electron chi connectivity index (χ0n) is 15.3. The van der Waals surface area contributed by atoms with Gasteiger partial charge in [-0.1, -0.05) is 31.2 Å². The molecule has 138 valence electrons. The zero-order chi connectivity index (χ0) is 19.0. The van der Waals surface area contributed by atoms with Crippen LogP contribution in [-0.2, 0) is 22.4 Å². The van der Waals surface area contributed by atoms with Crippen LogP contribution in [0.2, 0.25) is 0 Å². The van der Waals surface area contributed by atoms with Crippen molar-refractivity contribution in [2.45, 2.75) is 26.7 Å². The average molecular weight is 364 g/mol. The van der Waals surface area contributed by atoms with Gasteiger partial charge < -0.3 is 9.47 Å². The average Bonchev–Trinajstić information content (AvgIpc) is 3.25. The number of hydrogen-bond donors (Lipinski definition) is 0. The van der Waals surface area contributed by atoms with E-state index in [2.05, 4.69) is 12.0 Å². The first-order valence-electron chi connectivity index (χ1n) is 8.96. The van der Waals surface area contributed by atoms with E-state index in [9.17, 15) is 9.59 Å². The van der Waals surface area contributed by atoms with Gasteiger partial charge in [0.15, 0.2) is 17.3 Å². The number of carbonyl (C=O) groups excluding carboxylic acids is 2. The van der Waals surface area contributed by atoms with Crippen LogP contribution in [-0.4, -0.2) is 24.2 Å². The van der Waals surface area contributed by atoms with Crippen LogP contribution in [0.25, 0.3) is 0 Å². The van der Waals surface area contributed by atoms with Crippen molar-refractivity contribution in [3.05, 3.63) is 53.6 Å². The Labute approximate surface area is 157 Å². The Morgan fingerprint density at radius 2 is 1.93 bits per heavy atom. The molecule has 1 atom stereocenters. The molecule has 2 aromatic carbocycles. The third-order valence-electron chi connectivity index (χ3n) is 4.83. The lowest BCUT2D eigenvalue weighted by Gasteiger charge is -2.14. The molecule has 2 aliphatic heterocycles. The van der Waals surface area contributed by atoms with Crippen molar-refractivity contribution in [2.24, 2.45) is 11.0 Å². The molecule has 0 aliphatic carbocycles. The monoisotopic (exact) mass is 364 g/mol. The number of hydrogen-bond acceptors (Lipinski definition) is 5. The van der Waals surface area contributed by atoms with Crippen molar-refractivity contribution in [3.8, 4) is 11.5 Å². The van der Waals surface area contributed by atoms with Crippen molar-refractivity contribution in [3.63, 3.8) is 0 Å². The van der Waals surface area contributed by atoms with Gasteiger partial charge in [0, 0.05) is 12.5 Å². The number of nitrogens with zero attached hydrogens (tertiary/aromatic N) is 2. The van der Waals surface area contributed by atoms with Crippen LogP contribution in [0.15, 0.2) is 47.6 Å². The fourth-order valence-corrected chi connectivity index (χ4v) is 3.40. The zero-order valence-corrected chi connectivity index (χ0v) is 15.3. The topological polar surface area (TPSA) is 68.2 Å². The summed E-state index contributed by atoms with van der Waals surface area (Å²) in [5, 5.41) is 5.61. The Kier molecular flexibility index (Phi) is 4.39. The molecule has 2 aliphatic rings. The number of rotatable bonds is 5. The maximum absolute atomic E-state index is 12.9. The van der Waals surface area contributed by atoms with E-state index in [1.807, 2.05) is 24.3 Å². The molecule has 2 aromatic rings. The molecule has 0 saturated heterocycles. The molecule has 1 amide bonds. The van der Waals surface area contributed by atoms with Crippen LogP contribution in [0.1, 0.15) is 25.0 Å². The van der Waals surface area contributed by atoms with Crippen molar-refractivity contribution in [2.75, 3.05) is 11.8 Å². The van der Waals surface area contributed by atoms with Gasteiger partial charge in [0.25, 0.3) is 5.91 Å². The van der Waals surface area contributed by atoms with Gasteiger partial charge in [-0.2, -0.15) is 10.1 Å². The van der Waals surface area contributed by atoms with E-state index >= 15 is 0 Å². The minimum Gasteiger partial charge on any atom is -0.454 e. The Morgan fingerprint density at radius 3 is 2.74 bits per heavy atom. The van der Waals surface area contributed by atoms with E-state index in [1.165, 1.54) is 10.6 Å². The maximum Gasteiger partial charge on any atom is 0.263 e. The summed E-state index contributed by atoms with van der Waals surface area (Å²) in [5.74, 6) is -0.115. The second-order valence-corrected chi connectivity index (χ2v) is 6.68. The summed E-state index contributed by atoms with van der Waals surface area (Å²) in [6.45, 7) is 3.95. The summed E-state index contributed by atoms with van der Waals surface area (Å²) in [6.07, 6.45) is 1.12. The largest absolute Gasteiger partial charge is 0.454 e. The Hall–Kier alpha value is -3.15. The first kappa shape index (κ1) is 17.3. The van der Waals surface area contributed by atoms with Crippen molar-refractivity contribution < 1.29 is 19.1 Å². The Bertz CT molecular complexity index is 951. The molecule has 2 heterocycles. The number of aryl methyl sites for hydroxylation is 1. The molecule has 0 fully saturated rings. The van der Waals surface area contributed by atoms with Gasteiger partial charge >= 0.3 is 0 Å². The number of fused-ring (bicyclic) bond motifs is 1. The number of benzene rings is 2. The number of ether oxygens (including phenoxy) is 2. The first-order valence-corrected chi connectivity index (χ1v) is 8.96. The van der Waals surface area contributed by atoms with E-state index in [4.69, 9.17) is 9.47 Å². The van der Waals surface area contributed by atoms with Crippen LogP contribution in [0.5, 0.6) is 11.5 Å². The second kappa shape index (κ2) is 6.87. The lowest BCUT2D eigenvalue weighted by Crippen LogP contribution is -2.33. The van der Waals surface area contributed by atoms with E-state index in [0.717, 1.165) is 12.0 Å². The van der Waals surface area contributed by atoms with Crippen LogP contribution < -0.4 is 14.5 Å². The number of hydrazone groups is 1. The minimum atomic E-state index is -0.847. The number of amides is 1. The summed E-state index contributed by atoms with van der Waals surface area (Å²) in [5.41, 5.74) is 3.16. The molecule has 0 aromatic heterocycles. The highest BCUT2D eigenvalue weighted by Gasteiger charge is 2.39. The molecule has 6 heteroatoms. The van der Waals surface area contributed by atoms with Gasteiger partial charge in [-0.15, -0.1) is 0 Å². The summed E-state index contributed by atoms with van der Waals surface area (Å²) >= 11 is 0. The van der Waals surface area contributed by atoms with Crippen molar-refractivity contribution >= 4 is 23.1 Å². The standard InChI is InChI=1S/C21H20N2O4/c1-3-14-5-4-6-15(9-14)10-17(24)20-13(2)22-23(21(20)25)16-7-8-18-19(11-16)27-12-26-18/h4-9,11,20H,3,10,12H2,1-2H3. The van der Waals surface area contributed by atoms with Gasteiger partial charge in [-0.05, 0) is 36.6 Å². The van der Waals surface area contributed by atoms with Gasteiger partial charge in [0.05, 0.1) is 11.4 Å². The molecule has 0 spiro atoms. The van der Waals surface area contributed by atoms with Crippen LogP contribution >= 0.6 is 0 Å². The predicted octanol–water partition coefficient (Wildman–Crippen LogP) is 3.13. The second-order valence-electron chi connectivity index (χ2n) is 6.68. The summed E-state index contributed by atoms with van der Waals surface area (Å²) < 4.78 is 10.7. The normalized spacial score (nSPS) is 18.0. The third kappa shape index (κ3) is 3.18. The van der Waals surface area contributed by atoms with Gasteiger partial charge in [-0.3, -0.25) is 9.59 Å². The van der Waals surface area contributed by atoms with E-state index in [0.29, 0.717) is 22.9 Å². The van der Waals surface area contributed by atoms with Gasteiger partial charge in [0.1, 0.15) is 5.92 Å². The van der Waals surface area contributed by atoms with Crippen molar-refractivity contribution in [1.29, 1.82) is 0 Å². The highest BCUT2D eigenvalue weighted by atomic mass is 16.7. The van der Waals surface area contributed by atoms with Crippen molar-refractivity contribution in [1.82, 2.24) is 0 Å². The molecule has 4 rings (SSSR count). The quantitative estimate of drug-likeness (QED) is 0.765. The highest BCUT2D eigenvalue weighted by molar-refractivity contribution is 6.27. The Balaban J connectivity index is 1.54. The van der Waals surface area contributed by atoms with E-state index < -0.39 is 5.92 Å². The maximum atomic E-state index is 12.9. The molecule has 0 N–H and O–H groups in total. The molecule has 27 heavy (non-hydrogen) atoms. The Morgan fingerprint density at radius 1 is 1.15 bits per heavy atom. The van der Waals surface area contributed by atoms with Gasteiger partial charge in [-0.25, -0.2) is 0 Å². The number of Topliss-reactive ketones (excluding diaryl/α,β-unsaturated/α-hetero) is 1. The first-order chi connectivity index (χ1) is 13.1. The molecule has 0 bridgehead atoms. The van der Waals surface area contributed by atoms with Crippen LogP contribution in [0.3, 0.4) is 0 Å². The smallest absolute Gasteiger partial charge is 0.263 e. The minimum absolute atomic E-state index is 0.141. The van der Waals surface area contributed by atoms with Crippen LogP contribution in [0.4, 0.5) is 5.69 Å². The summed E-state index contributed by atoms with van der Waals surface area (Å²) in [7, 11) is 0.